The molecule has 86 valence electrons. The van der Waals surface area contributed by atoms with Gasteiger partial charge < -0.3 is 5.11 Å². The zero-order valence-corrected chi connectivity index (χ0v) is 9.89. The molecule has 3 atom stereocenters. The van der Waals surface area contributed by atoms with Crippen molar-refractivity contribution in [1.29, 1.82) is 0 Å². The van der Waals surface area contributed by atoms with E-state index >= 15 is 0 Å². The molecule has 3 rings (SSSR count). The van der Waals surface area contributed by atoms with E-state index in [1.165, 1.54) is 30.4 Å². The lowest BCUT2D eigenvalue weighted by Gasteiger charge is -2.12. The molecule has 0 amide bonds. The fraction of sp³-hybridized carbons (Fsp3) is 0.600. The highest BCUT2D eigenvalue weighted by molar-refractivity contribution is 5.22. The van der Waals surface area contributed by atoms with E-state index in [9.17, 15) is 5.11 Å². The van der Waals surface area contributed by atoms with Gasteiger partial charge in [-0.3, -0.25) is 0 Å². The van der Waals surface area contributed by atoms with Gasteiger partial charge >= 0.3 is 0 Å². The van der Waals surface area contributed by atoms with E-state index in [0.717, 1.165) is 18.3 Å². The van der Waals surface area contributed by atoms with E-state index in [0.29, 0.717) is 5.92 Å². The Morgan fingerprint density at radius 1 is 1.19 bits per heavy atom. The number of fused-ring (bicyclic) bond motifs is 1. The standard InChI is InChI=1S/C15H20O/c1-10-5-7-11(8-6-10)9-14(16)15-12-3-2-4-13(12)15/h5-8,12-16H,2-4,9H2,1H3. The van der Waals surface area contributed by atoms with Crippen LogP contribution in [0.3, 0.4) is 0 Å². The van der Waals surface area contributed by atoms with Gasteiger partial charge in [0.2, 0.25) is 0 Å². The fourth-order valence-corrected chi connectivity index (χ4v) is 3.55. The van der Waals surface area contributed by atoms with Crippen LogP contribution in [0.2, 0.25) is 0 Å². The van der Waals surface area contributed by atoms with Crippen LogP contribution in [-0.4, -0.2) is 11.2 Å². The van der Waals surface area contributed by atoms with Crippen LogP contribution in [0.15, 0.2) is 24.3 Å². The summed E-state index contributed by atoms with van der Waals surface area (Å²) < 4.78 is 0. The van der Waals surface area contributed by atoms with E-state index in [1.54, 1.807) is 0 Å². The van der Waals surface area contributed by atoms with Crippen LogP contribution >= 0.6 is 0 Å². The maximum absolute atomic E-state index is 10.2. The molecule has 1 nitrogen and oxygen atoms in total. The Labute approximate surface area is 97.5 Å². The summed E-state index contributed by atoms with van der Waals surface area (Å²) in [6, 6.07) is 8.57. The van der Waals surface area contributed by atoms with Gasteiger partial charge in [-0.15, -0.1) is 0 Å². The van der Waals surface area contributed by atoms with Gasteiger partial charge in [0, 0.05) is 0 Å². The maximum atomic E-state index is 10.2. The van der Waals surface area contributed by atoms with Gasteiger partial charge in [0.05, 0.1) is 6.10 Å². The van der Waals surface area contributed by atoms with Crippen molar-refractivity contribution in [2.24, 2.45) is 17.8 Å². The molecule has 0 aromatic heterocycles. The second-order valence-electron chi connectivity index (χ2n) is 5.59. The Morgan fingerprint density at radius 2 is 1.81 bits per heavy atom. The summed E-state index contributed by atoms with van der Waals surface area (Å²) in [7, 11) is 0. The van der Waals surface area contributed by atoms with E-state index in [-0.39, 0.29) is 6.10 Å². The van der Waals surface area contributed by atoms with Crippen molar-refractivity contribution < 1.29 is 5.11 Å². The van der Waals surface area contributed by atoms with Gasteiger partial charge in [-0.2, -0.15) is 0 Å². The molecule has 1 heteroatoms. The summed E-state index contributed by atoms with van der Waals surface area (Å²) in [6.45, 7) is 2.10. The van der Waals surface area contributed by atoms with Gasteiger partial charge in [0.15, 0.2) is 0 Å². The predicted molar refractivity (Wildman–Crippen MR) is 65.2 cm³/mol. The quantitative estimate of drug-likeness (QED) is 0.823. The maximum Gasteiger partial charge on any atom is 0.0614 e. The molecule has 1 aromatic rings. The van der Waals surface area contributed by atoms with E-state index in [4.69, 9.17) is 0 Å². The first-order chi connectivity index (χ1) is 7.75. The SMILES string of the molecule is Cc1ccc(CC(O)C2C3CCCC32)cc1. The van der Waals surface area contributed by atoms with Gasteiger partial charge in [0.1, 0.15) is 0 Å². The molecule has 0 aliphatic heterocycles. The van der Waals surface area contributed by atoms with Crippen molar-refractivity contribution >= 4 is 0 Å². The largest absolute Gasteiger partial charge is 0.392 e. The number of aliphatic hydroxyl groups is 1. The minimum absolute atomic E-state index is 0.0991. The Bertz CT molecular complexity index is 358. The Morgan fingerprint density at radius 3 is 2.44 bits per heavy atom. The number of rotatable bonds is 3. The van der Waals surface area contributed by atoms with Crippen LogP contribution in [0.5, 0.6) is 0 Å². The monoisotopic (exact) mass is 216 g/mol. The first-order valence-corrected chi connectivity index (χ1v) is 6.49. The summed E-state index contributed by atoms with van der Waals surface area (Å²) in [5.41, 5.74) is 2.57. The summed E-state index contributed by atoms with van der Waals surface area (Å²) >= 11 is 0. The third-order valence-electron chi connectivity index (χ3n) is 4.48. The van der Waals surface area contributed by atoms with Crippen molar-refractivity contribution in [3.8, 4) is 0 Å². The highest BCUT2D eigenvalue weighted by Gasteiger charge is 2.55. The highest BCUT2D eigenvalue weighted by Crippen LogP contribution is 2.59. The van der Waals surface area contributed by atoms with Crippen molar-refractivity contribution in [2.75, 3.05) is 0 Å². The van der Waals surface area contributed by atoms with Crippen LogP contribution in [0.1, 0.15) is 30.4 Å². The lowest BCUT2D eigenvalue weighted by molar-refractivity contribution is 0.135. The third kappa shape index (κ3) is 1.78. The molecule has 0 bridgehead atoms. The molecule has 2 aliphatic carbocycles. The Balaban J connectivity index is 1.60. The topological polar surface area (TPSA) is 20.2 Å². The first kappa shape index (κ1) is 10.3. The van der Waals surface area contributed by atoms with Crippen molar-refractivity contribution in [3.05, 3.63) is 35.4 Å². The normalized spacial score (nSPS) is 33.5. The lowest BCUT2D eigenvalue weighted by Crippen LogP contribution is -2.16. The summed E-state index contributed by atoms with van der Waals surface area (Å²) in [6.07, 6.45) is 4.86. The summed E-state index contributed by atoms with van der Waals surface area (Å²) in [5, 5.41) is 10.2. The molecule has 0 saturated heterocycles. The first-order valence-electron chi connectivity index (χ1n) is 6.49. The molecule has 1 aromatic carbocycles. The zero-order chi connectivity index (χ0) is 11.1. The average molecular weight is 216 g/mol. The zero-order valence-electron chi connectivity index (χ0n) is 9.89. The molecular formula is C15H20O. The summed E-state index contributed by atoms with van der Waals surface area (Å²) in [4.78, 5) is 0. The van der Waals surface area contributed by atoms with Gasteiger partial charge in [-0.25, -0.2) is 0 Å². The number of aliphatic hydroxyl groups excluding tert-OH is 1. The molecule has 0 heterocycles. The minimum atomic E-state index is -0.0991. The molecule has 16 heavy (non-hydrogen) atoms. The van der Waals surface area contributed by atoms with Crippen LogP contribution in [0.4, 0.5) is 0 Å². The van der Waals surface area contributed by atoms with E-state index in [1.807, 2.05) is 0 Å². The van der Waals surface area contributed by atoms with Crippen molar-refractivity contribution in [1.82, 2.24) is 0 Å². The highest BCUT2D eigenvalue weighted by atomic mass is 16.3. The lowest BCUT2D eigenvalue weighted by atomic mass is 9.99. The Hall–Kier alpha value is -0.820. The van der Waals surface area contributed by atoms with Crippen molar-refractivity contribution in [3.63, 3.8) is 0 Å². The molecule has 2 saturated carbocycles. The fourth-order valence-electron chi connectivity index (χ4n) is 3.55. The molecule has 2 fully saturated rings. The number of benzene rings is 1. The molecule has 1 N–H and O–H groups in total. The van der Waals surface area contributed by atoms with Gasteiger partial charge in [0.25, 0.3) is 0 Å². The molecule has 0 spiro atoms. The number of hydrogen-bond donors (Lipinski definition) is 1. The second-order valence-corrected chi connectivity index (χ2v) is 5.59. The number of aryl methyl sites for hydroxylation is 1. The smallest absolute Gasteiger partial charge is 0.0614 e. The molecule has 2 aliphatic rings. The van der Waals surface area contributed by atoms with Crippen molar-refractivity contribution in [2.45, 2.75) is 38.7 Å². The van der Waals surface area contributed by atoms with Crippen LogP contribution in [0.25, 0.3) is 0 Å². The van der Waals surface area contributed by atoms with Crippen LogP contribution in [-0.2, 0) is 6.42 Å². The van der Waals surface area contributed by atoms with Gasteiger partial charge in [-0.05, 0) is 49.5 Å². The van der Waals surface area contributed by atoms with E-state index in [2.05, 4.69) is 31.2 Å². The third-order valence-corrected chi connectivity index (χ3v) is 4.48. The van der Waals surface area contributed by atoms with Gasteiger partial charge in [-0.1, -0.05) is 36.2 Å². The average Bonchev–Trinajstić information content (AvgIpc) is 2.76. The number of hydrogen-bond acceptors (Lipinski definition) is 1. The molecular weight excluding hydrogens is 196 g/mol. The van der Waals surface area contributed by atoms with Crippen LogP contribution in [0, 0.1) is 24.7 Å². The second kappa shape index (κ2) is 3.89. The van der Waals surface area contributed by atoms with Crippen LogP contribution < -0.4 is 0 Å². The van der Waals surface area contributed by atoms with E-state index < -0.39 is 0 Å². The molecule has 3 unspecified atom stereocenters. The predicted octanol–water partition coefficient (Wildman–Crippen LogP) is 2.94. The summed E-state index contributed by atoms with van der Waals surface area (Å²) in [5.74, 6) is 2.34. The minimum Gasteiger partial charge on any atom is -0.392 e. The molecule has 0 radical (unpaired) electrons. The Kier molecular flexibility index (Phi) is 2.51.